The topological polar surface area (TPSA) is 38.9 Å². The molecule has 0 amide bonds. The number of nitrogens with zero attached hydrogens (tertiary/aromatic N) is 1. The van der Waals surface area contributed by atoms with Gasteiger partial charge in [0, 0.05) is 10.8 Å². The quantitative estimate of drug-likeness (QED) is 0.864. The van der Waals surface area contributed by atoms with Gasteiger partial charge in [0.05, 0.1) is 11.3 Å². The highest BCUT2D eigenvalue weighted by Crippen LogP contribution is 2.45. The van der Waals surface area contributed by atoms with E-state index in [0.29, 0.717) is 23.5 Å². The minimum absolute atomic E-state index is 0.234. The second-order valence-electron chi connectivity index (χ2n) is 4.54. The van der Waals surface area contributed by atoms with Crippen LogP contribution in [-0.4, -0.2) is 4.98 Å². The molecule has 0 aliphatic heterocycles. The van der Waals surface area contributed by atoms with Crippen molar-refractivity contribution in [2.24, 2.45) is 0 Å². The minimum atomic E-state index is -4.32. The number of aryl methyl sites for hydroxylation is 1. The van der Waals surface area contributed by atoms with Gasteiger partial charge in [-0.05, 0) is 24.5 Å². The summed E-state index contributed by atoms with van der Waals surface area (Å²) in [5.41, 5.74) is 6.26. The van der Waals surface area contributed by atoms with Crippen molar-refractivity contribution in [2.45, 2.75) is 24.9 Å². The molecule has 0 saturated carbocycles. The molecular weight excluding hydrogens is 273 g/mol. The van der Waals surface area contributed by atoms with E-state index in [1.807, 2.05) is 0 Å². The number of halogens is 3. The summed E-state index contributed by atoms with van der Waals surface area (Å²) < 4.78 is 39.1. The van der Waals surface area contributed by atoms with Crippen LogP contribution >= 0.6 is 11.3 Å². The molecule has 6 heteroatoms. The van der Waals surface area contributed by atoms with Crippen molar-refractivity contribution in [1.82, 2.24) is 4.98 Å². The molecule has 100 valence electrons. The van der Waals surface area contributed by atoms with Gasteiger partial charge >= 0.3 is 6.18 Å². The zero-order valence-electron chi connectivity index (χ0n) is 9.87. The number of hydrogen-bond donors (Lipinski definition) is 1. The lowest BCUT2D eigenvalue weighted by molar-refractivity contribution is -0.138. The Morgan fingerprint density at radius 3 is 2.74 bits per heavy atom. The molecule has 1 aliphatic carbocycles. The SMILES string of the molecule is Nc1nc2c(s1)C(c1ccccc1C(F)(F)F)CC2. The minimum Gasteiger partial charge on any atom is -0.375 e. The van der Waals surface area contributed by atoms with Gasteiger partial charge in [0.1, 0.15) is 0 Å². The highest BCUT2D eigenvalue weighted by atomic mass is 32.1. The molecule has 1 unspecified atom stereocenters. The number of hydrogen-bond acceptors (Lipinski definition) is 3. The summed E-state index contributed by atoms with van der Waals surface area (Å²) in [5, 5.41) is 0.430. The summed E-state index contributed by atoms with van der Waals surface area (Å²) in [6, 6.07) is 5.76. The van der Waals surface area contributed by atoms with Crippen LogP contribution < -0.4 is 5.73 Å². The van der Waals surface area contributed by atoms with Crippen LogP contribution in [0.15, 0.2) is 24.3 Å². The third-order valence-corrected chi connectivity index (χ3v) is 4.41. The first kappa shape index (κ1) is 12.5. The molecule has 0 radical (unpaired) electrons. The highest BCUT2D eigenvalue weighted by molar-refractivity contribution is 7.15. The summed E-state index contributed by atoms with van der Waals surface area (Å²) in [4.78, 5) is 5.06. The van der Waals surface area contributed by atoms with Crippen molar-refractivity contribution in [3.63, 3.8) is 0 Å². The zero-order valence-corrected chi connectivity index (χ0v) is 10.7. The van der Waals surface area contributed by atoms with E-state index in [1.165, 1.54) is 17.4 Å². The van der Waals surface area contributed by atoms with E-state index >= 15 is 0 Å². The van der Waals surface area contributed by atoms with E-state index in [0.717, 1.165) is 16.6 Å². The number of rotatable bonds is 1. The van der Waals surface area contributed by atoms with E-state index < -0.39 is 11.7 Å². The maximum atomic E-state index is 13.0. The van der Waals surface area contributed by atoms with Crippen LogP contribution in [-0.2, 0) is 12.6 Å². The fourth-order valence-corrected chi connectivity index (χ4v) is 3.64. The molecule has 0 fully saturated rings. The standard InChI is InChI=1S/C13H11F3N2S/c14-13(15,16)9-4-2-1-3-7(9)8-5-6-10-11(8)19-12(17)18-10/h1-4,8H,5-6H2,(H2,17,18). The van der Waals surface area contributed by atoms with Gasteiger partial charge in [0.2, 0.25) is 0 Å². The van der Waals surface area contributed by atoms with Gasteiger partial charge in [0.25, 0.3) is 0 Å². The van der Waals surface area contributed by atoms with Crippen molar-refractivity contribution >= 4 is 16.5 Å². The van der Waals surface area contributed by atoms with Crippen LogP contribution in [0.1, 0.15) is 34.0 Å². The Balaban J connectivity index is 2.09. The Kier molecular flexibility index (Phi) is 2.78. The van der Waals surface area contributed by atoms with E-state index in [-0.39, 0.29) is 5.92 Å². The van der Waals surface area contributed by atoms with E-state index in [9.17, 15) is 13.2 Å². The molecule has 1 aliphatic rings. The van der Waals surface area contributed by atoms with Gasteiger partial charge in [0.15, 0.2) is 5.13 Å². The van der Waals surface area contributed by atoms with E-state index in [2.05, 4.69) is 4.98 Å². The first-order chi connectivity index (χ1) is 8.97. The third kappa shape index (κ3) is 2.10. The molecule has 0 spiro atoms. The van der Waals surface area contributed by atoms with Crippen molar-refractivity contribution < 1.29 is 13.2 Å². The van der Waals surface area contributed by atoms with Gasteiger partial charge in [-0.2, -0.15) is 13.2 Å². The lowest BCUT2D eigenvalue weighted by Crippen LogP contribution is -2.11. The smallest absolute Gasteiger partial charge is 0.375 e. The van der Waals surface area contributed by atoms with Crippen LogP contribution in [0.5, 0.6) is 0 Å². The number of anilines is 1. The molecule has 1 atom stereocenters. The molecule has 0 saturated heterocycles. The van der Waals surface area contributed by atoms with Crippen molar-refractivity contribution in [1.29, 1.82) is 0 Å². The van der Waals surface area contributed by atoms with Crippen molar-refractivity contribution in [3.05, 3.63) is 46.0 Å². The lowest BCUT2D eigenvalue weighted by Gasteiger charge is -2.17. The average Bonchev–Trinajstić information content (AvgIpc) is 2.86. The monoisotopic (exact) mass is 284 g/mol. The largest absolute Gasteiger partial charge is 0.416 e. The summed E-state index contributed by atoms with van der Waals surface area (Å²) in [7, 11) is 0. The predicted octanol–water partition coefficient (Wildman–Crippen LogP) is 3.82. The third-order valence-electron chi connectivity index (χ3n) is 3.37. The van der Waals surface area contributed by atoms with E-state index in [1.54, 1.807) is 12.1 Å². The molecule has 2 nitrogen and oxygen atoms in total. The highest BCUT2D eigenvalue weighted by Gasteiger charge is 2.37. The molecule has 2 aromatic rings. The number of fused-ring (bicyclic) bond motifs is 1. The maximum absolute atomic E-state index is 13.0. The van der Waals surface area contributed by atoms with Crippen molar-refractivity contribution in [2.75, 3.05) is 5.73 Å². The second-order valence-corrected chi connectivity index (χ2v) is 5.60. The number of benzene rings is 1. The predicted molar refractivity (Wildman–Crippen MR) is 68.1 cm³/mol. The normalized spacial score (nSPS) is 18.6. The second kappa shape index (κ2) is 4.23. The Morgan fingerprint density at radius 1 is 1.26 bits per heavy atom. The van der Waals surface area contributed by atoms with Crippen LogP contribution in [0.3, 0.4) is 0 Å². The number of thiazole rings is 1. The number of nitrogen functional groups attached to an aromatic ring is 1. The molecule has 1 aromatic carbocycles. The number of nitrogens with two attached hydrogens (primary N) is 1. The molecule has 1 heterocycles. The first-order valence-electron chi connectivity index (χ1n) is 5.88. The van der Waals surface area contributed by atoms with Crippen LogP contribution in [0, 0.1) is 0 Å². The number of aromatic nitrogens is 1. The van der Waals surface area contributed by atoms with E-state index in [4.69, 9.17) is 5.73 Å². The zero-order chi connectivity index (χ0) is 13.6. The summed E-state index contributed by atoms with van der Waals surface area (Å²) >= 11 is 1.30. The molecule has 2 N–H and O–H groups in total. The van der Waals surface area contributed by atoms with Crippen LogP contribution in [0.4, 0.5) is 18.3 Å². The molecule has 1 aromatic heterocycles. The summed E-state index contributed by atoms with van der Waals surface area (Å²) in [6.07, 6.45) is -2.96. The van der Waals surface area contributed by atoms with Crippen LogP contribution in [0.2, 0.25) is 0 Å². The Labute approximate surface area is 112 Å². The molecular formula is C13H11F3N2S. The Morgan fingerprint density at radius 2 is 2.00 bits per heavy atom. The lowest BCUT2D eigenvalue weighted by atomic mass is 9.93. The summed E-state index contributed by atoms with van der Waals surface area (Å²) in [5.74, 6) is -0.234. The fourth-order valence-electron chi connectivity index (χ4n) is 2.60. The Hall–Kier alpha value is -1.56. The van der Waals surface area contributed by atoms with Crippen molar-refractivity contribution in [3.8, 4) is 0 Å². The average molecular weight is 284 g/mol. The summed E-state index contributed by atoms with van der Waals surface area (Å²) in [6.45, 7) is 0. The van der Waals surface area contributed by atoms with Crippen LogP contribution in [0.25, 0.3) is 0 Å². The molecule has 19 heavy (non-hydrogen) atoms. The Bertz CT molecular complexity index is 619. The van der Waals surface area contributed by atoms with Gasteiger partial charge in [-0.3, -0.25) is 0 Å². The van der Waals surface area contributed by atoms with Gasteiger partial charge in [-0.25, -0.2) is 4.98 Å². The maximum Gasteiger partial charge on any atom is 0.416 e. The molecule has 0 bridgehead atoms. The number of alkyl halides is 3. The molecule has 3 rings (SSSR count). The fraction of sp³-hybridized carbons (Fsp3) is 0.308. The van der Waals surface area contributed by atoms with Gasteiger partial charge in [-0.1, -0.05) is 18.2 Å². The van der Waals surface area contributed by atoms with Gasteiger partial charge in [-0.15, -0.1) is 11.3 Å². The first-order valence-corrected chi connectivity index (χ1v) is 6.69. The van der Waals surface area contributed by atoms with Gasteiger partial charge < -0.3 is 5.73 Å².